The van der Waals surface area contributed by atoms with E-state index in [-0.39, 0.29) is 39.5 Å². The molecule has 2 unspecified atom stereocenters. The molecule has 0 spiro atoms. The standard InChI is InChI=1S/C10H14N4O7/c15-7(13(19)3-1-11-5-13)9(17)21-10(18)8(16)14(20)4-2-12-6-14/h11-12H,1-6H2. The fraction of sp³-hybridized carbons (Fsp3) is 0.600. The molecule has 2 heterocycles. The lowest BCUT2D eigenvalue weighted by Gasteiger charge is -2.33. The van der Waals surface area contributed by atoms with E-state index in [4.69, 9.17) is 0 Å². The Balaban J connectivity index is 1.97. The summed E-state index contributed by atoms with van der Waals surface area (Å²) < 4.78 is 1.06. The Morgan fingerprint density at radius 1 is 0.810 bits per heavy atom. The van der Waals surface area contributed by atoms with Crippen LogP contribution in [0.25, 0.3) is 0 Å². The highest BCUT2D eigenvalue weighted by Crippen LogP contribution is 2.11. The molecule has 2 aliphatic rings. The van der Waals surface area contributed by atoms with Crippen LogP contribution >= 0.6 is 0 Å². The molecule has 2 rings (SSSR count). The zero-order valence-electron chi connectivity index (χ0n) is 11.0. The van der Waals surface area contributed by atoms with Crippen LogP contribution < -0.4 is 10.6 Å². The van der Waals surface area contributed by atoms with Crippen LogP contribution in [0.2, 0.25) is 0 Å². The molecule has 11 heteroatoms. The summed E-state index contributed by atoms with van der Waals surface area (Å²) in [5, 5.41) is 28.9. The van der Waals surface area contributed by atoms with Crippen molar-refractivity contribution in [3.05, 3.63) is 10.4 Å². The lowest BCUT2D eigenvalue weighted by molar-refractivity contribution is -0.788. The van der Waals surface area contributed by atoms with Gasteiger partial charge in [0, 0.05) is 0 Å². The van der Waals surface area contributed by atoms with Crippen LogP contribution in [-0.2, 0) is 23.9 Å². The molecule has 0 bridgehead atoms. The Morgan fingerprint density at radius 2 is 1.19 bits per heavy atom. The minimum Gasteiger partial charge on any atom is -0.624 e. The van der Waals surface area contributed by atoms with Crippen molar-refractivity contribution in [2.24, 2.45) is 0 Å². The number of carbonyl (C=O) groups is 4. The molecule has 2 fully saturated rings. The lowest BCUT2D eigenvalue weighted by atomic mass is 10.4. The second-order valence-electron chi connectivity index (χ2n) is 4.83. The quantitative estimate of drug-likeness (QED) is 0.156. The van der Waals surface area contributed by atoms with Crippen molar-refractivity contribution in [3.63, 3.8) is 0 Å². The SMILES string of the molecule is O=C(OC(=O)C(=O)[N+]1([O-])CCNC1)C(=O)[N+]1([O-])CCNC1. The summed E-state index contributed by atoms with van der Waals surface area (Å²) in [6, 6.07) is 0. The van der Waals surface area contributed by atoms with E-state index in [1.807, 2.05) is 0 Å². The Kier molecular flexibility index (Phi) is 4.13. The minimum absolute atomic E-state index is 0.179. The Bertz CT molecular complexity index is 450. The van der Waals surface area contributed by atoms with Crippen molar-refractivity contribution in [1.82, 2.24) is 10.6 Å². The highest BCUT2D eigenvalue weighted by molar-refractivity contribution is 6.38. The molecular weight excluding hydrogens is 288 g/mol. The smallest absolute Gasteiger partial charge is 0.445 e. The molecule has 2 atom stereocenters. The third kappa shape index (κ3) is 2.97. The van der Waals surface area contributed by atoms with E-state index in [9.17, 15) is 29.6 Å². The maximum Gasteiger partial charge on any atom is 0.445 e. The molecule has 11 nitrogen and oxygen atoms in total. The maximum atomic E-state index is 11.9. The number of hydrogen-bond acceptors (Lipinski definition) is 9. The van der Waals surface area contributed by atoms with Gasteiger partial charge in [-0.05, 0) is 0 Å². The molecule has 0 aromatic rings. The highest BCUT2D eigenvalue weighted by atomic mass is 16.6. The molecule has 2 N–H and O–H groups in total. The molecule has 2 aliphatic heterocycles. The van der Waals surface area contributed by atoms with Gasteiger partial charge in [-0.15, -0.1) is 0 Å². The first-order valence-electron chi connectivity index (χ1n) is 6.22. The second kappa shape index (κ2) is 5.55. The number of hydrogen-bond donors (Lipinski definition) is 2. The van der Waals surface area contributed by atoms with Crippen LogP contribution in [0.1, 0.15) is 0 Å². The van der Waals surface area contributed by atoms with Crippen molar-refractivity contribution in [2.45, 2.75) is 0 Å². The summed E-state index contributed by atoms with van der Waals surface area (Å²) in [7, 11) is 0. The number of amides is 2. The lowest BCUT2D eigenvalue weighted by Crippen LogP contribution is -2.53. The normalized spacial score (nSPS) is 31.9. The fourth-order valence-corrected chi connectivity index (χ4v) is 2.05. The van der Waals surface area contributed by atoms with Gasteiger partial charge in [0.2, 0.25) is 0 Å². The Labute approximate surface area is 118 Å². The summed E-state index contributed by atoms with van der Waals surface area (Å²) in [5.74, 6) is -6.44. The van der Waals surface area contributed by atoms with Gasteiger partial charge in [-0.25, -0.2) is 19.2 Å². The number of carbonyl (C=O) groups excluding carboxylic acids is 4. The van der Waals surface area contributed by atoms with Gasteiger partial charge in [-0.2, -0.15) is 0 Å². The van der Waals surface area contributed by atoms with E-state index in [0.29, 0.717) is 0 Å². The Morgan fingerprint density at radius 3 is 1.48 bits per heavy atom. The largest absolute Gasteiger partial charge is 0.624 e. The maximum absolute atomic E-state index is 11.9. The van der Waals surface area contributed by atoms with Crippen molar-refractivity contribution < 1.29 is 33.2 Å². The predicted octanol–water partition coefficient (Wildman–Crippen LogP) is -3.14. The minimum atomic E-state index is -1.73. The third-order valence-corrected chi connectivity index (χ3v) is 3.31. The fourth-order valence-electron chi connectivity index (χ4n) is 2.05. The number of esters is 2. The Hall–Kier alpha value is -1.76. The van der Waals surface area contributed by atoms with Crippen LogP contribution in [0.4, 0.5) is 0 Å². The monoisotopic (exact) mass is 302 g/mol. The molecular formula is C10H14N4O7. The van der Waals surface area contributed by atoms with Gasteiger partial charge in [-0.1, -0.05) is 0 Å². The molecule has 0 radical (unpaired) electrons. The van der Waals surface area contributed by atoms with E-state index < -0.39 is 33.0 Å². The van der Waals surface area contributed by atoms with Gasteiger partial charge in [0.05, 0.1) is 26.2 Å². The number of rotatable bonds is 0. The molecule has 0 aromatic carbocycles. The topological polar surface area (TPSA) is 148 Å². The predicted molar refractivity (Wildman–Crippen MR) is 63.8 cm³/mol. The van der Waals surface area contributed by atoms with Crippen molar-refractivity contribution in [2.75, 3.05) is 39.5 Å². The average Bonchev–Trinajstić information content (AvgIpc) is 3.07. The number of hydroxylamine groups is 6. The highest BCUT2D eigenvalue weighted by Gasteiger charge is 2.43. The van der Waals surface area contributed by atoms with Crippen LogP contribution in [-0.4, -0.2) is 72.6 Å². The molecule has 116 valence electrons. The van der Waals surface area contributed by atoms with Crippen molar-refractivity contribution in [1.29, 1.82) is 0 Å². The van der Waals surface area contributed by atoms with Crippen LogP contribution in [0.3, 0.4) is 0 Å². The molecule has 2 saturated heterocycles. The molecule has 2 amide bonds. The zero-order chi connectivity index (χ0) is 15.7. The summed E-state index contributed by atoms with van der Waals surface area (Å²) in [5.41, 5.74) is 0. The number of nitrogens with one attached hydrogen (secondary N) is 2. The summed E-state index contributed by atoms with van der Waals surface area (Å²) in [6.45, 7) is -0.518. The van der Waals surface area contributed by atoms with E-state index >= 15 is 0 Å². The summed E-state index contributed by atoms with van der Waals surface area (Å²) >= 11 is 0. The molecule has 21 heavy (non-hydrogen) atoms. The number of quaternary nitrogens is 2. The van der Waals surface area contributed by atoms with Crippen LogP contribution in [0, 0.1) is 10.4 Å². The number of ether oxygens (including phenoxy) is 1. The summed E-state index contributed by atoms with van der Waals surface area (Å²) in [4.78, 5) is 46.1. The van der Waals surface area contributed by atoms with Gasteiger partial charge in [0.25, 0.3) is 0 Å². The van der Waals surface area contributed by atoms with Gasteiger partial charge >= 0.3 is 23.8 Å². The van der Waals surface area contributed by atoms with E-state index in [1.165, 1.54) is 0 Å². The summed E-state index contributed by atoms with van der Waals surface area (Å²) in [6.07, 6.45) is 0. The molecule has 0 aromatic heterocycles. The van der Waals surface area contributed by atoms with E-state index in [1.54, 1.807) is 0 Å². The van der Waals surface area contributed by atoms with Crippen LogP contribution in [0.15, 0.2) is 0 Å². The molecule has 0 aliphatic carbocycles. The first kappa shape index (κ1) is 15.6. The van der Waals surface area contributed by atoms with Crippen LogP contribution in [0.5, 0.6) is 0 Å². The first-order valence-corrected chi connectivity index (χ1v) is 6.22. The van der Waals surface area contributed by atoms with Gasteiger partial charge in [-0.3, -0.25) is 19.9 Å². The van der Waals surface area contributed by atoms with Crippen molar-refractivity contribution in [3.8, 4) is 0 Å². The molecule has 0 saturated carbocycles. The average molecular weight is 302 g/mol. The van der Waals surface area contributed by atoms with Gasteiger partial charge in [0.15, 0.2) is 0 Å². The first-order chi connectivity index (χ1) is 9.78. The zero-order valence-corrected chi connectivity index (χ0v) is 11.0. The van der Waals surface area contributed by atoms with E-state index in [2.05, 4.69) is 15.4 Å². The van der Waals surface area contributed by atoms with Crippen molar-refractivity contribution >= 4 is 23.8 Å². The second-order valence-corrected chi connectivity index (χ2v) is 4.83. The number of nitrogens with zero attached hydrogens (tertiary/aromatic N) is 2. The van der Waals surface area contributed by atoms with Gasteiger partial charge in [0.1, 0.15) is 13.3 Å². The van der Waals surface area contributed by atoms with E-state index in [0.717, 1.165) is 0 Å². The third-order valence-electron chi connectivity index (χ3n) is 3.31. The van der Waals surface area contributed by atoms with Gasteiger partial charge < -0.3 is 15.2 Å².